The van der Waals surface area contributed by atoms with Crippen LogP contribution < -0.4 is 4.74 Å². The van der Waals surface area contributed by atoms with E-state index in [1.807, 2.05) is 0 Å². The van der Waals surface area contributed by atoms with Gasteiger partial charge in [0, 0.05) is 15.6 Å². The van der Waals surface area contributed by atoms with Crippen molar-refractivity contribution in [2.24, 2.45) is 0 Å². The molecular weight excluding hydrogens is 330 g/mol. The van der Waals surface area contributed by atoms with Crippen LogP contribution >= 0.6 is 15.9 Å². The molecule has 0 heterocycles. The van der Waals surface area contributed by atoms with Gasteiger partial charge >= 0.3 is 0 Å². The third-order valence-electron chi connectivity index (χ3n) is 2.84. The van der Waals surface area contributed by atoms with E-state index in [2.05, 4.69) is 15.9 Å². The second kappa shape index (κ2) is 6.33. The number of hydrogen-bond acceptors (Lipinski definition) is 2. The molecule has 0 saturated carbocycles. The van der Waals surface area contributed by atoms with Gasteiger partial charge in [-0.1, -0.05) is 34.1 Å². The van der Waals surface area contributed by atoms with Crippen LogP contribution in [0, 0.1) is 11.6 Å². The Morgan fingerprint density at radius 2 is 2.00 bits per heavy atom. The maximum Gasteiger partial charge on any atom is 0.165 e. The Bertz CT molecular complexity index is 615. The summed E-state index contributed by atoms with van der Waals surface area (Å²) in [5, 5.41) is 9.66. The van der Waals surface area contributed by atoms with Gasteiger partial charge in [0.15, 0.2) is 11.6 Å². The maximum atomic E-state index is 13.5. The number of halogens is 3. The van der Waals surface area contributed by atoms with Gasteiger partial charge < -0.3 is 9.84 Å². The van der Waals surface area contributed by atoms with Crippen LogP contribution in [0.15, 0.2) is 40.9 Å². The van der Waals surface area contributed by atoms with Crippen molar-refractivity contribution in [2.75, 3.05) is 0 Å². The molecule has 2 aromatic rings. The Morgan fingerprint density at radius 3 is 2.70 bits per heavy atom. The molecule has 0 aliphatic carbocycles. The second-order valence-electron chi connectivity index (χ2n) is 4.36. The van der Waals surface area contributed by atoms with Crippen LogP contribution in [-0.4, -0.2) is 5.11 Å². The normalized spacial score (nSPS) is 12.2. The smallest absolute Gasteiger partial charge is 0.165 e. The first kappa shape index (κ1) is 14.9. The molecule has 0 spiro atoms. The van der Waals surface area contributed by atoms with E-state index in [0.29, 0.717) is 11.3 Å². The lowest BCUT2D eigenvalue weighted by molar-refractivity contribution is 0.189. The van der Waals surface area contributed by atoms with Crippen LogP contribution in [0.25, 0.3) is 0 Å². The van der Waals surface area contributed by atoms with Crippen molar-refractivity contribution in [3.63, 3.8) is 0 Å². The first-order chi connectivity index (χ1) is 9.49. The minimum Gasteiger partial charge on any atom is -0.488 e. The van der Waals surface area contributed by atoms with Crippen molar-refractivity contribution in [3.05, 3.63) is 63.6 Å². The van der Waals surface area contributed by atoms with Crippen molar-refractivity contribution in [1.82, 2.24) is 0 Å². The molecule has 2 aromatic carbocycles. The fourth-order valence-corrected chi connectivity index (χ4v) is 2.13. The number of aliphatic hydroxyl groups excluding tert-OH is 1. The molecule has 0 saturated heterocycles. The van der Waals surface area contributed by atoms with Gasteiger partial charge in [0.2, 0.25) is 0 Å². The van der Waals surface area contributed by atoms with E-state index in [4.69, 9.17) is 4.74 Å². The van der Waals surface area contributed by atoms with Crippen LogP contribution in [0.4, 0.5) is 8.78 Å². The van der Waals surface area contributed by atoms with Gasteiger partial charge in [-0.2, -0.15) is 0 Å². The van der Waals surface area contributed by atoms with Gasteiger partial charge in [-0.3, -0.25) is 0 Å². The lowest BCUT2D eigenvalue weighted by Crippen LogP contribution is -2.03. The number of ether oxygens (including phenoxy) is 1. The van der Waals surface area contributed by atoms with Gasteiger partial charge in [-0.15, -0.1) is 0 Å². The molecule has 0 bridgehead atoms. The zero-order valence-electron chi connectivity index (χ0n) is 10.7. The lowest BCUT2D eigenvalue weighted by Gasteiger charge is -2.14. The molecular formula is C15H13BrF2O2. The van der Waals surface area contributed by atoms with E-state index in [0.717, 1.165) is 10.5 Å². The van der Waals surface area contributed by atoms with Crippen molar-refractivity contribution >= 4 is 15.9 Å². The van der Waals surface area contributed by atoms with Gasteiger partial charge in [-0.05, 0) is 25.1 Å². The summed E-state index contributed by atoms with van der Waals surface area (Å²) in [7, 11) is 0. The van der Waals surface area contributed by atoms with Crippen molar-refractivity contribution in [1.29, 1.82) is 0 Å². The van der Waals surface area contributed by atoms with Crippen LogP contribution in [0.2, 0.25) is 0 Å². The van der Waals surface area contributed by atoms with Crippen LogP contribution in [0.5, 0.6) is 5.75 Å². The minimum atomic E-state index is -0.916. The number of hydrogen-bond donors (Lipinski definition) is 1. The molecule has 0 aliphatic heterocycles. The van der Waals surface area contributed by atoms with Crippen LogP contribution in [-0.2, 0) is 6.61 Å². The average molecular weight is 343 g/mol. The molecule has 0 unspecified atom stereocenters. The Morgan fingerprint density at radius 1 is 1.25 bits per heavy atom. The summed E-state index contributed by atoms with van der Waals surface area (Å²) in [4.78, 5) is 0. The fraction of sp³-hybridized carbons (Fsp3) is 0.200. The molecule has 106 valence electrons. The highest BCUT2D eigenvalue weighted by Crippen LogP contribution is 2.29. The molecule has 0 amide bonds. The van der Waals surface area contributed by atoms with Gasteiger partial charge in [0.1, 0.15) is 12.4 Å². The summed E-state index contributed by atoms with van der Waals surface area (Å²) in [6.45, 7) is 1.50. The van der Waals surface area contributed by atoms with E-state index in [1.165, 1.54) is 12.1 Å². The lowest BCUT2D eigenvalue weighted by atomic mass is 10.1. The molecule has 0 fully saturated rings. The number of rotatable bonds is 4. The summed E-state index contributed by atoms with van der Waals surface area (Å²) in [6.07, 6.45) is -0.713. The van der Waals surface area contributed by atoms with Crippen molar-refractivity contribution in [2.45, 2.75) is 19.6 Å². The predicted octanol–water partition coefficient (Wildman–Crippen LogP) is 4.36. The van der Waals surface area contributed by atoms with E-state index < -0.39 is 17.7 Å². The third-order valence-corrected chi connectivity index (χ3v) is 3.33. The monoisotopic (exact) mass is 342 g/mol. The summed E-state index contributed by atoms with van der Waals surface area (Å²) in [5.74, 6) is -1.39. The minimum absolute atomic E-state index is 0.111. The van der Waals surface area contributed by atoms with Gasteiger partial charge in [0.25, 0.3) is 0 Å². The first-order valence-electron chi connectivity index (χ1n) is 6.02. The highest BCUT2D eigenvalue weighted by atomic mass is 79.9. The number of aliphatic hydroxyl groups is 1. The Balaban J connectivity index is 2.22. The molecule has 5 heteroatoms. The molecule has 0 aliphatic rings. The molecule has 1 atom stereocenters. The average Bonchev–Trinajstić information content (AvgIpc) is 2.40. The maximum absolute atomic E-state index is 13.5. The molecule has 0 radical (unpaired) electrons. The highest BCUT2D eigenvalue weighted by Gasteiger charge is 2.12. The van der Waals surface area contributed by atoms with E-state index in [-0.39, 0.29) is 12.2 Å². The summed E-state index contributed by atoms with van der Waals surface area (Å²) in [5.41, 5.74) is 0.714. The van der Waals surface area contributed by atoms with Crippen molar-refractivity contribution in [3.8, 4) is 5.75 Å². The Hall–Kier alpha value is -1.46. The van der Waals surface area contributed by atoms with Gasteiger partial charge in [-0.25, -0.2) is 8.78 Å². The molecule has 2 rings (SSSR count). The van der Waals surface area contributed by atoms with Crippen molar-refractivity contribution < 1.29 is 18.6 Å². The standard InChI is InChI=1S/C15H13BrF2O2/c1-9(19)12-6-5-11(16)7-14(12)20-8-10-3-2-4-13(17)15(10)18/h2-7,9,19H,8H2,1H3/t9-/m0/s1. The fourth-order valence-electron chi connectivity index (χ4n) is 1.79. The summed E-state index contributed by atoms with van der Waals surface area (Å²) >= 11 is 3.30. The zero-order valence-corrected chi connectivity index (χ0v) is 12.3. The van der Waals surface area contributed by atoms with E-state index in [9.17, 15) is 13.9 Å². The molecule has 2 nitrogen and oxygen atoms in total. The van der Waals surface area contributed by atoms with Crippen LogP contribution in [0.3, 0.4) is 0 Å². The molecule has 20 heavy (non-hydrogen) atoms. The molecule has 0 aromatic heterocycles. The zero-order chi connectivity index (χ0) is 14.7. The second-order valence-corrected chi connectivity index (χ2v) is 5.28. The third kappa shape index (κ3) is 3.35. The van der Waals surface area contributed by atoms with E-state index in [1.54, 1.807) is 25.1 Å². The highest BCUT2D eigenvalue weighted by molar-refractivity contribution is 9.10. The quantitative estimate of drug-likeness (QED) is 0.894. The summed E-state index contributed by atoms with van der Waals surface area (Å²) < 4.78 is 32.9. The Labute approximate surface area is 124 Å². The first-order valence-corrected chi connectivity index (χ1v) is 6.81. The number of benzene rings is 2. The largest absolute Gasteiger partial charge is 0.488 e. The predicted molar refractivity (Wildman–Crippen MR) is 75.5 cm³/mol. The summed E-state index contributed by atoms with van der Waals surface area (Å²) in [6, 6.07) is 9.11. The topological polar surface area (TPSA) is 29.5 Å². The Kier molecular flexibility index (Phi) is 4.73. The molecule has 1 N–H and O–H groups in total. The van der Waals surface area contributed by atoms with E-state index >= 15 is 0 Å². The van der Waals surface area contributed by atoms with Gasteiger partial charge in [0.05, 0.1) is 6.10 Å². The van der Waals surface area contributed by atoms with Crippen LogP contribution in [0.1, 0.15) is 24.2 Å². The SMILES string of the molecule is C[C@H](O)c1ccc(Br)cc1OCc1cccc(F)c1F.